The summed E-state index contributed by atoms with van der Waals surface area (Å²) >= 11 is 0. The van der Waals surface area contributed by atoms with Crippen molar-refractivity contribution in [1.82, 2.24) is 9.88 Å². The van der Waals surface area contributed by atoms with Crippen LogP contribution in [0.25, 0.3) is 10.9 Å². The standard InChI is InChI=1S/C21H26N2O3/c1-2-3-6-17(15-23-13-10-16(11-14-23)21(24)25)26-20-9-12-22-19-8-5-4-7-18(19)20/h2,4-5,7-9,12,16-17H,1,3,6,10-11,13-15H2,(H,24,25)/t17-/m0/s1. The van der Waals surface area contributed by atoms with E-state index in [2.05, 4.69) is 16.5 Å². The quantitative estimate of drug-likeness (QED) is 0.732. The number of allylic oxidation sites excluding steroid dienone is 1. The van der Waals surface area contributed by atoms with Crippen LogP contribution in [-0.4, -0.2) is 46.7 Å². The number of para-hydroxylation sites is 1. The molecule has 0 aliphatic carbocycles. The molecule has 3 rings (SSSR count). The number of nitrogens with zero attached hydrogens (tertiary/aromatic N) is 2. The number of benzene rings is 1. The smallest absolute Gasteiger partial charge is 0.306 e. The molecule has 0 amide bonds. The molecule has 1 aliphatic heterocycles. The summed E-state index contributed by atoms with van der Waals surface area (Å²) in [6.07, 6.45) is 6.93. The van der Waals surface area contributed by atoms with Gasteiger partial charge in [-0.05, 0) is 57.0 Å². The number of fused-ring (bicyclic) bond motifs is 1. The van der Waals surface area contributed by atoms with Crippen molar-refractivity contribution < 1.29 is 14.6 Å². The van der Waals surface area contributed by atoms with Gasteiger partial charge < -0.3 is 9.84 Å². The van der Waals surface area contributed by atoms with Crippen molar-refractivity contribution in [3.05, 3.63) is 49.2 Å². The highest BCUT2D eigenvalue weighted by atomic mass is 16.5. The molecule has 1 saturated heterocycles. The SMILES string of the molecule is C=CCC[C@@H](CN1CCC(C(=O)O)CC1)Oc1ccnc2ccccc12. The molecular weight excluding hydrogens is 328 g/mol. The van der Waals surface area contributed by atoms with Gasteiger partial charge in [0, 0.05) is 18.1 Å². The predicted molar refractivity (Wildman–Crippen MR) is 102 cm³/mol. The Kier molecular flexibility index (Phi) is 6.23. The van der Waals surface area contributed by atoms with Gasteiger partial charge in [0.05, 0.1) is 11.4 Å². The molecule has 5 heteroatoms. The van der Waals surface area contributed by atoms with Crippen LogP contribution in [0.4, 0.5) is 0 Å². The first-order chi connectivity index (χ1) is 12.7. The normalized spacial score (nSPS) is 17.1. The Morgan fingerprint density at radius 1 is 1.35 bits per heavy atom. The number of piperidine rings is 1. The molecule has 1 aliphatic rings. The van der Waals surface area contributed by atoms with Crippen molar-refractivity contribution in [2.24, 2.45) is 5.92 Å². The van der Waals surface area contributed by atoms with Crippen LogP contribution >= 0.6 is 0 Å². The van der Waals surface area contributed by atoms with E-state index < -0.39 is 5.97 Å². The molecule has 0 saturated carbocycles. The lowest BCUT2D eigenvalue weighted by Gasteiger charge is -2.33. The van der Waals surface area contributed by atoms with Crippen LogP contribution < -0.4 is 4.74 Å². The second-order valence-electron chi connectivity index (χ2n) is 6.85. The van der Waals surface area contributed by atoms with E-state index in [1.807, 2.05) is 36.4 Å². The fraction of sp³-hybridized carbons (Fsp3) is 0.429. The van der Waals surface area contributed by atoms with Gasteiger partial charge in [-0.3, -0.25) is 14.7 Å². The summed E-state index contributed by atoms with van der Waals surface area (Å²) in [6.45, 7) is 6.24. The number of rotatable bonds is 8. The van der Waals surface area contributed by atoms with Crippen molar-refractivity contribution in [1.29, 1.82) is 0 Å². The Bertz CT molecular complexity index is 749. The average Bonchev–Trinajstić information content (AvgIpc) is 2.67. The predicted octanol–water partition coefficient (Wildman–Crippen LogP) is 3.75. The van der Waals surface area contributed by atoms with Crippen molar-refractivity contribution in [2.75, 3.05) is 19.6 Å². The Labute approximate surface area is 154 Å². The zero-order valence-electron chi connectivity index (χ0n) is 15.0. The highest BCUT2D eigenvalue weighted by molar-refractivity contribution is 5.84. The van der Waals surface area contributed by atoms with Crippen LogP contribution in [0.5, 0.6) is 5.75 Å². The number of hydrogen-bond acceptors (Lipinski definition) is 4. The van der Waals surface area contributed by atoms with Crippen LogP contribution in [-0.2, 0) is 4.79 Å². The number of carbonyl (C=O) groups is 1. The minimum atomic E-state index is -0.674. The molecule has 26 heavy (non-hydrogen) atoms. The number of pyridine rings is 1. The number of aliphatic carboxylic acids is 1. The van der Waals surface area contributed by atoms with E-state index in [-0.39, 0.29) is 12.0 Å². The van der Waals surface area contributed by atoms with Gasteiger partial charge in [-0.25, -0.2) is 0 Å². The first-order valence-electron chi connectivity index (χ1n) is 9.24. The highest BCUT2D eigenvalue weighted by Gasteiger charge is 2.26. The lowest BCUT2D eigenvalue weighted by atomic mass is 9.97. The third-order valence-corrected chi connectivity index (χ3v) is 4.99. The van der Waals surface area contributed by atoms with Crippen molar-refractivity contribution >= 4 is 16.9 Å². The molecule has 2 heterocycles. The molecule has 1 fully saturated rings. The van der Waals surface area contributed by atoms with Gasteiger partial charge in [0.2, 0.25) is 0 Å². The maximum atomic E-state index is 11.1. The second-order valence-corrected chi connectivity index (χ2v) is 6.85. The van der Waals surface area contributed by atoms with E-state index in [1.165, 1.54) is 0 Å². The summed E-state index contributed by atoms with van der Waals surface area (Å²) in [4.78, 5) is 17.8. The van der Waals surface area contributed by atoms with Gasteiger partial charge in [0.1, 0.15) is 11.9 Å². The van der Waals surface area contributed by atoms with Gasteiger partial charge in [-0.15, -0.1) is 6.58 Å². The van der Waals surface area contributed by atoms with Crippen molar-refractivity contribution in [3.8, 4) is 5.75 Å². The van der Waals surface area contributed by atoms with Gasteiger partial charge >= 0.3 is 5.97 Å². The lowest BCUT2D eigenvalue weighted by molar-refractivity contribution is -0.143. The Morgan fingerprint density at radius 2 is 2.12 bits per heavy atom. The fourth-order valence-electron chi connectivity index (χ4n) is 3.49. The maximum absolute atomic E-state index is 11.1. The summed E-state index contributed by atoms with van der Waals surface area (Å²) < 4.78 is 6.36. The largest absolute Gasteiger partial charge is 0.488 e. The van der Waals surface area contributed by atoms with Gasteiger partial charge in [0.15, 0.2) is 0 Å². The first-order valence-corrected chi connectivity index (χ1v) is 9.24. The third-order valence-electron chi connectivity index (χ3n) is 4.99. The zero-order valence-corrected chi connectivity index (χ0v) is 15.0. The third kappa shape index (κ3) is 4.61. The van der Waals surface area contributed by atoms with E-state index in [9.17, 15) is 4.79 Å². The number of hydrogen-bond donors (Lipinski definition) is 1. The number of ether oxygens (including phenoxy) is 1. The van der Waals surface area contributed by atoms with Gasteiger partial charge in [0.25, 0.3) is 0 Å². The van der Waals surface area contributed by atoms with Gasteiger partial charge in [-0.1, -0.05) is 18.2 Å². The number of likely N-dealkylation sites (tertiary alicyclic amines) is 1. The van der Waals surface area contributed by atoms with Crippen LogP contribution in [0, 0.1) is 5.92 Å². The Hall–Kier alpha value is -2.40. The molecule has 138 valence electrons. The molecule has 2 aromatic rings. The Morgan fingerprint density at radius 3 is 2.85 bits per heavy atom. The van der Waals surface area contributed by atoms with E-state index in [0.29, 0.717) is 12.8 Å². The molecule has 0 bridgehead atoms. The molecule has 1 aromatic heterocycles. The van der Waals surface area contributed by atoms with E-state index in [0.717, 1.165) is 49.1 Å². The van der Waals surface area contributed by atoms with Gasteiger partial charge in [-0.2, -0.15) is 0 Å². The second kappa shape index (κ2) is 8.81. The molecule has 0 unspecified atom stereocenters. The fourth-order valence-corrected chi connectivity index (χ4v) is 3.49. The minimum Gasteiger partial charge on any atom is -0.488 e. The number of carboxylic acids is 1. The Balaban J connectivity index is 1.68. The van der Waals surface area contributed by atoms with Crippen LogP contribution in [0.1, 0.15) is 25.7 Å². The van der Waals surface area contributed by atoms with E-state index in [1.54, 1.807) is 6.20 Å². The van der Waals surface area contributed by atoms with Crippen LogP contribution in [0.2, 0.25) is 0 Å². The molecule has 0 radical (unpaired) electrons. The van der Waals surface area contributed by atoms with E-state index >= 15 is 0 Å². The summed E-state index contributed by atoms with van der Waals surface area (Å²) in [6, 6.07) is 9.89. The minimum absolute atomic E-state index is 0.0418. The topological polar surface area (TPSA) is 62.7 Å². The summed E-state index contributed by atoms with van der Waals surface area (Å²) in [5.41, 5.74) is 0.926. The molecule has 0 spiro atoms. The van der Waals surface area contributed by atoms with Crippen molar-refractivity contribution in [3.63, 3.8) is 0 Å². The van der Waals surface area contributed by atoms with E-state index in [4.69, 9.17) is 9.84 Å². The summed E-state index contributed by atoms with van der Waals surface area (Å²) in [7, 11) is 0. The number of carboxylic acid groups (broad SMARTS) is 1. The monoisotopic (exact) mass is 354 g/mol. The zero-order chi connectivity index (χ0) is 18.4. The summed E-state index contributed by atoms with van der Waals surface area (Å²) in [5.74, 6) is -0.0274. The van der Waals surface area contributed by atoms with Crippen LogP contribution in [0.15, 0.2) is 49.2 Å². The molecule has 1 atom stereocenters. The summed E-state index contributed by atoms with van der Waals surface area (Å²) in [5, 5.41) is 10.2. The lowest BCUT2D eigenvalue weighted by Crippen LogP contribution is -2.42. The molecule has 1 N–H and O–H groups in total. The molecule has 1 aromatic carbocycles. The first kappa shape index (κ1) is 18.4. The van der Waals surface area contributed by atoms with Crippen molar-refractivity contribution in [2.45, 2.75) is 31.8 Å². The van der Waals surface area contributed by atoms with Crippen LogP contribution in [0.3, 0.4) is 0 Å². The molecular formula is C21H26N2O3. The maximum Gasteiger partial charge on any atom is 0.306 e. The molecule has 5 nitrogen and oxygen atoms in total. The highest BCUT2D eigenvalue weighted by Crippen LogP contribution is 2.26. The number of aromatic nitrogens is 1. The average molecular weight is 354 g/mol.